The standard InChI is InChI=1S/C22H20N2O5/c1-15(26)20(22(28)24-29)23-21(27)19-12-10-17(11-13-19)5-3-2-4-16-6-8-18(14-25)9-7-16/h6-13,15,20,25-26,29H,14H2,1H3,(H,23,27)(H,24,28)/t15-,20+/m1/s1. The molecule has 7 nitrogen and oxygen atoms in total. The maximum Gasteiger partial charge on any atom is 0.268 e. The smallest absolute Gasteiger partial charge is 0.268 e. The topological polar surface area (TPSA) is 119 Å². The zero-order valence-corrected chi connectivity index (χ0v) is 15.6. The van der Waals surface area contributed by atoms with Gasteiger partial charge in [0.25, 0.3) is 11.8 Å². The van der Waals surface area contributed by atoms with Gasteiger partial charge in [-0.3, -0.25) is 14.8 Å². The maximum absolute atomic E-state index is 12.2. The van der Waals surface area contributed by atoms with Crippen LogP contribution in [0.2, 0.25) is 0 Å². The molecule has 0 unspecified atom stereocenters. The number of nitrogens with one attached hydrogen (secondary N) is 2. The third-order valence-corrected chi connectivity index (χ3v) is 3.92. The fourth-order valence-electron chi connectivity index (χ4n) is 2.30. The largest absolute Gasteiger partial charge is 0.392 e. The average Bonchev–Trinajstić information content (AvgIpc) is 2.75. The molecule has 2 rings (SSSR count). The normalized spacial score (nSPS) is 11.7. The van der Waals surface area contributed by atoms with E-state index in [4.69, 9.17) is 10.3 Å². The molecule has 0 aliphatic carbocycles. The van der Waals surface area contributed by atoms with Crippen LogP contribution in [0.4, 0.5) is 0 Å². The molecule has 2 aromatic carbocycles. The monoisotopic (exact) mass is 392 g/mol. The minimum atomic E-state index is -1.28. The highest BCUT2D eigenvalue weighted by atomic mass is 16.5. The Hall–Kier alpha value is -3.62. The van der Waals surface area contributed by atoms with E-state index in [-0.39, 0.29) is 12.2 Å². The van der Waals surface area contributed by atoms with Crippen molar-refractivity contribution >= 4 is 11.8 Å². The van der Waals surface area contributed by atoms with Crippen LogP contribution in [0.15, 0.2) is 48.5 Å². The Labute approximate surface area is 168 Å². The SMILES string of the molecule is C[C@@H](O)[C@H](NC(=O)c1ccc(C#CC#Cc2ccc(CO)cc2)cc1)C(=O)NO. The molecule has 0 saturated heterocycles. The van der Waals surface area contributed by atoms with Gasteiger partial charge in [-0.05, 0) is 60.7 Å². The molecule has 0 bridgehead atoms. The second-order valence-electron chi connectivity index (χ2n) is 6.10. The highest BCUT2D eigenvalue weighted by Gasteiger charge is 2.25. The highest BCUT2D eigenvalue weighted by molar-refractivity contribution is 5.97. The zero-order chi connectivity index (χ0) is 21.2. The number of amides is 2. The summed E-state index contributed by atoms with van der Waals surface area (Å²) in [5, 5.41) is 29.6. The van der Waals surface area contributed by atoms with Crippen molar-refractivity contribution in [3.05, 3.63) is 70.8 Å². The number of aliphatic hydroxyl groups excluding tert-OH is 2. The molecule has 148 valence electrons. The molecule has 0 spiro atoms. The quantitative estimate of drug-likeness (QED) is 0.290. The summed E-state index contributed by atoms with van der Waals surface area (Å²) < 4.78 is 0. The zero-order valence-electron chi connectivity index (χ0n) is 15.6. The minimum absolute atomic E-state index is 0.0180. The second kappa shape index (κ2) is 10.6. The van der Waals surface area contributed by atoms with Crippen LogP contribution in [0.5, 0.6) is 0 Å². The molecule has 2 atom stereocenters. The molecule has 5 N–H and O–H groups in total. The molecule has 7 heteroatoms. The van der Waals surface area contributed by atoms with E-state index >= 15 is 0 Å². The fourth-order valence-corrected chi connectivity index (χ4v) is 2.30. The van der Waals surface area contributed by atoms with Crippen molar-refractivity contribution in [1.29, 1.82) is 0 Å². The summed E-state index contributed by atoms with van der Waals surface area (Å²) in [4.78, 5) is 23.7. The van der Waals surface area contributed by atoms with Crippen molar-refractivity contribution in [2.75, 3.05) is 0 Å². The van der Waals surface area contributed by atoms with E-state index < -0.39 is 24.0 Å². The predicted molar refractivity (Wildman–Crippen MR) is 105 cm³/mol. The van der Waals surface area contributed by atoms with Gasteiger partial charge in [0.1, 0.15) is 6.04 Å². The van der Waals surface area contributed by atoms with Crippen LogP contribution in [-0.2, 0) is 11.4 Å². The van der Waals surface area contributed by atoms with Crippen LogP contribution in [0.3, 0.4) is 0 Å². The highest BCUT2D eigenvalue weighted by Crippen LogP contribution is 2.05. The molecule has 0 saturated carbocycles. The lowest BCUT2D eigenvalue weighted by Crippen LogP contribution is -2.51. The van der Waals surface area contributed by atoms with Gasteiger partial charge >= 0.3 is 0 Å². The van der Waals surface area contributed by atoms with Gasteiger partial charge < -0.3 is 15.5 Å². The van der Waals surface area contributed by atoms with E-state index in [2.05, 4.69) is 29.0 Å². The third-order valence-electron chi connectivity index (χ3n) is 3.92. The van der Waals surface area contributed by atoms with Crippen molar-refractivity contribution in [3.8, 4) is 23.7 Å². The summed E-state index contributed by atoms with van der Waals surface area (Å²) in [6.07, 6.45) is -1.19. The van der Waals surface area contributed by atoms with Crippen LogP contribution in [0.1, 0.15) is 34.0 Å². The number of carbonyl (C=O) groups excluding carboxylic acids is 2. The van der Waals surface area contributed by atoms with Gasteiger partial charge in [-0.15, -0.1) is 0 Å². The summed E-state index contributed by atoms with van der Waals surface area (Å²) in [5.41, 5.74) is 3.90. The van der Waals surface area contributed by atoms with E-state index in [1.165, 1.54) is 24.5 Å². The number of aliphatic hydroxyl groups is 2. The van der Waals surface area contributed by atoms with Gasteiger partial charge in [0, 0.05) is 16.7 Å². The summed E-state index contributed by atoms with van der Waals surface area (Å²) in [7, 11) is 0. The first-order chi connectivity index (χ1) is 13.9. The second-order valence-corrected chi connectivity index (χ2v) is 6.10. The maximum atomic E-state index is 12.2. The van der Waals surface area contributed by atoms with Crippen molar-refractivity contribution in [2.45, 2.75) is 25.7 Å². The van der Waals surface area contributed by atoms with Crippen LogP contribution >= 0.6 is 0 Å². The van der Waals surface area contributed by atoms with Crippen LogP contribution in [0.25, 0.3) is 0 Å². The van der Waals surface area contributed by atoms with Crippen LogP contribution in [0, 0.1) is 23.7 Å². The number of rotatable bonds is 5. The molecule has 0 aromatic heterocycles. The lowest BCUT2D eigenvalue weighted by Gasteiger charge is -2.19. The van der Waals surface area contributed by atoms with E-state index in [0.29, 0.717) is 5.56 Å². The summed E-state index contributed by atoms with van der Waals surface area (Å²) >= 11 is 0. The molecular formula is C22H20N2O5. The fraction of sp³-hybridized carbons (Fsp3) is 0.182. The van der Waals surface area contributed by atoms with Gasteiger partial charge in [0.2, 0.25) is 0 Å². The average molecular weight is 392 g/mol. The Balaban J connectivity index is 2.02. The number of carbonyl (C=O) groups is 2. The number of hydroxylamine groups is 1. The lowest BCUT2D eigenvalue weighted by atomic mass is 10.1. The summed E-state index contributed by atoms with van der Waals surface area (Å²) in [6, 6.07) is 12.2. The van der Waals surface area contributed by atoms with Gasteiger partial charge in [-0.25, -0.2) is 5.48 Å². The molecule has 0 aliphatic rings. The minimum Gasteiger partial charge on any atom is -0.392 e. The molecule has 2 aromatic rings. The molecule has 0 fully saturated rings. The Bertz CT molecular complexity index is 974. The van der Waals surface area contributed by atoms with Crippen molar-refractivity contribution < 1.29 is 25.0 Å². The summed E-state index contributed by atoms with van der Waals surface area (Å²) in [5.74, 6) is 9.71. The van der Waals surface area contributed by atoms with E-state index in [1.54, 1.807) is 36.4 Å². The van der Waals surface area contributed by atoms with Gasteiger partial charge in [-0.1, -0.05) is 24.0 Å². The molecule has 0 radical (unpaired) electrons. The van der Waals surface area contributed by atoms with Crippen molar-refractivity contribution in [2.24, 2.45) is 0 Å². The van der Waals surface area contributed by atoms with E-state index in [0.717, 1.165) is 11.1 Å². The van der Waals surface area contributed by atoms with Crippen molar-refractivity contribution in [3.63, 3.8) is 0 Å². The Morgan fingerprint density at radius 2 is 1.48 bits per heavy atom. The Morgan fingerprint density at radius 3 is 1.93 bits per heavy atom. The van der Waals surface area contributed by atoms with Gasteiger partial charge in [0.15, 0.2) is 0 Å². The lowest BCUT2D eigenvalue weighted by molar-refractivity contribution is -0.133. The molecule has 0 aliphatic heterocycles. The number of hydrogen-bond donors (Lipinski definition) is 5. The molecule has 2 amide bonds. The molecule has 0 heterocycles. The number of hydrogen-bond acceptors (Lipinski definition) is 5. The first-order valence-corrected chi connectivity index (χ1v) is 8.69. The van der Waals surface area contributed by atoms with Gasteiger partial charge in [-0.2, -0.15) is 0 Å². The summed E-state index contributed by atoms with van der Waals surface area (Å²) in [6.45, 7) is 1.30. The Morgan fingerprint density at radius 1 is 0.966 bits per heavy atom. The van der Waals surface area contributed by atoms with Gasteiger partial charge in [0.05, 0.1) is 12.7 Å². The van der Waals surface area contributed by atoms with Crippen LogP contribution in [-0.4, -0.2) is 39.4 Å². The van der Waals surface area contributed by atoms with E-state index in [9.17, 15) is 14.7 Å². The van der Waals surface area contributed by atoms with Crippen molar-refractivity contribution in [1.82, 2.24) is 10.8 Å². The van der Waals surface area contributed by atoms with E-state index in [1.807, 2.05) is 0 Å². The number of benzene rings is 2. The first-order valence-electron chi connectivity index (χ1n) is 8.69. The Kier molecular flexibility index (Phi) is 7.96. The first kappa shape index (κ1) is 21.7. The molecule has 29 heavy (non-hydrogen) atoms. The third kappa shape index (κ3) is 6.49. The molecular weight excluding hydrogens is 372 g/mol. The predicted octanol–water partition coefficient (Wildman–Crippen LogP) is 0.567. The van der Waals surface area contributed by atoms with Crippen LogP contribution < -0.4 is 10.8 Å².